The summed E-state index contributed by atoms with van der Waals surface area (Å²) in [5.41, 5.74) is 4.73. The molecule has 0 aliphatic carbocycles. The number of alkyl halides is 3. The zero-order valence-electron chi connectivity index (χ0n) is 19.2. The van der Waals surface area contributed by atoms with Crippen LogP contribution < -0.4 is 21.7 Å². The molecular formula is C22H32F3N5O4. The summed E-state index contributed by atoms with van der Waals surface area (Å²) in [4.78, 5) is 39.1. The van der Waals surface area contributed by atoms with Crippen molar-refractivity contribution in [1.82, 2.24) is 20.9 Å². The number of halogens is 3. The van der Waals surface area contributed by atoms with Gasteiger partial charge in [0.25, 0.3) is 0 Å². The first-order valence-electron chi connectivity index (χ1n) is 11.0. The maximum absolute atomic E-state index is 13.4. The van der Waals surface area contributed by atoms with Crippen LogP contribution in [0.15, 0.2) is 24.3 Å². The fourth-order valence-corrected chi connectivity index (χ4v) is 3.81. The molecule has 1 heterocycles. The van der Waals surface area contributed by atoms with Gasteiger partial charge in [0.1, 0.15) is 12.1 Å². The molecule has 0 radical (unpaired) electrons. The minimum atomic E-state index is -4.53. The number of Topliss-reactive ketones (excluding diaryl/α,β-unsaturated/α-hetero) is 1. The first kappa shape index (κ1) is 27.7. The van der Waals surface area contributed by atoms with Crippen LogP contribution in [0.4, 0.5) is 13.2 Å². The first-order valence-corrected chi connectivity index (χ1v) is 11.0. The topological polar surface area (TPSA) is 137 Å². The van der Waals surface area contributed by atoms with Crippen molar-refractivity contribution in [2.24, 2.45) is 5.73 Å². The maximum atomic E-state index is 13.4. The van der Waals surface area contributed by atoms with Gasteiger partial charge >= 0.3 is 6.18 Å². The van der Waals surface area contributed by atoms with E-state index in [1.54, 1.807) is 4.90 Å². The number of amides is 2. The molecule has 9 nitrogen and oxygen atoms in total. The predicted molar refractivity (Wildman–Crippen MR) is 118 cm³/mol. The lowest BCUT2D eigenvalue weighted by molar-refractivity contribution is -0.139. The fraction of sp³-hybridized carbons (Fsp3) is 0.591. The molecule has 2 rings (SSSR count). The van der Waals surface area contributed by atoms with E-state index >= 15 is 0 Å². The van der Waals surface area contributed by atoms with Gasteiger partial charge in [0.2, 0.25) is 11.8 Å². The molecule has 6 N–H and O–H groups in total. The highest BCUT2D eigenvalue weighted by atomic mass is 19.4. The quantitative estimate of drug-likeness (QED) is 0.307. The van der Waals surface area contributed by atoms with Crippen LogP contribution in [0.1, 0.15) is 31.4 Å². The number of carbonyl (C=O) groups excluding carboxylic acids is 3. The molecular weight excluding hydrogens is 455 g/mol. The van der Waals surface area contributed by atoms with Crippen molar-refractivity contribution < 1.29 is 32.7 Å². The van der Waals surface area contributed by atoms with E-state index in [4.69, 9.17) is 5.73 Å². The third kappa shape index (κ3) is 7.49. The Hall–Kier alpha value is -2.54. The summed E-state index contributed by atoms with van der Waals surface area (Å²) >= 11 is 0. The average molecular weight is 488 g/mol. The zero-order chi connectivity index (χ0) is 25.5. The Kier molecular flexibility index (Phi) is 9.98. The third-order valence-corrected chi connectivity index (χ3v) is 5.68. The van der Waals surface area contributed by atoms with Gasteiger partial charge in [0, 0.05) is 26.2 Å². The molecule has 0 saturated carbocycles. The summed E-state index contributed by atoms with van der Waals surface area (Å²) in [5.74, 6) is -1.70. The number of piperazine rings is 1. The number of ketones is 1. The second-order valence-corrected chi connectivity index (χ2v) is 8.32. The molecule has 0 spiro atoms. The highest BCUT2D eigenvalue weighted by Gasteiger charge is 2.37. The fourth-order valence-electron chi connectivity index (χ4n) is 3.81. The Balaban J connectivity index is 2.16. The van der Waals surface area contributed by atoms with E-state index in [9.17, 15) is 32.7 Å². The van der Waals surface area contributed by atoms with Crippen molar-refractivity contribution in [3.63, 3.8) is 0 Å². The van der Waals surface area contributed by atoms with Gasteiger partial charge in [-0.25, -0.2) is 0 Å². The molecule has 0 bridgehead atoms. The number of benzene rings is 1. The summed E-state index contributed by atoms with van der Waals surface area (Å²) in [6, 6.07) is 2.07. The Morgan fingerprint density at radius 1 is 1.26 bits per heavy atom. The van der Waals surface area contributed by atoms with Gasteiger partial charge in [-0.2, -0.15) is 13.2 Å². The second-order valence-electron chi connectivity index (χ2n) is 8.32. The van der Waals surface area contributed by atoms with Crippen LogP contribution in [0.2, 0.25) is 0 Å². The molecule has 0 unspecified atom stereocenters. The van der Waals surface area contributed by atoms with E-state index in [1.807, 2.05) is 0 Å². The molecule has 1 saturated heterocycles. The van der Waals surface area contributed by atoms with E-state index in [-0.39, 0.29) is 37.4 Å². The lowest BCUT2D eigenvalue weighted by Crippen LogP contribution is -2.62. The molecule has 12 heteroatoms. The Morgan fingerprint density at radius 2 is 1.94 bits per heavy atom. The van der Waals surface area contributed by atoms with Gasteiger partial charge in [-0.05, 0) is 38.4 Å². The summed E-state index contributed by atoms with van der Waals surface area (Å²) in [6.45, 7) is 3.56. The first-order chi connectivity index (χ1) is 16.0. The smallest absolute Gasteiger partial charge is 0.391 e. The van der Waals surface area contributed by atoms with Gasteiger partial charge in [0.05, 0.1) is 17.7 Å². The van der Waals surface area contributed by atoms with E-state index in [0.717, 1.165) is 6.07 Å². The maximum Gasteiger partial charge on any atom is 0.416 e. The van der Waals surface area contributed by atoms with Gasteiger partial charge in [-0.15, -0.1) is 0 Å². The number of hydrogen-bond acceptors (Lipinski definition) is 7. The molecule has 1 aliphatic heterocycles. The van der Waals surface area contributed by atoms with E-state index in [2.05, 4.69) is 16.0 Å². The van der Waals surface area contributed by atoms with Crippen molar-refractivity contribution >= 4 is 17.6 Å². The molecule has 1 aliphatic rings. The number of nitrogens with one attached hydrogen (secondary N) is 3. The average Bonchev–Trinajstić information content (AvgIpc) is 2.76. The lowest BCUT2D eigenvalue weighted by atomic mass is 10.0. The molecule has 1 fully saturated rings. The minimum Gasteiger partial charge on any atom is -0.391 e. The van der Waals surface area contributed by atoms with Crippen molar-refractivity contribution in [2.45, 2.75) is 57.2 Å². The SMILES string of the molecule is CC(=O)[C@H](CCN)NC(=O)[C@@H](NC(=O)[C@@H]1CNCCN1Cc1ccccc1C(F)(F)F)[C@H](C)O. The van der Waals surface area contributed by atoms with Crippen LogP contribution >= 0.6 is 0 Å². The van der Waals surface area contributed by atoms with Crippen molar-refractivity contribution in [1.29, 1.82) is 0 Å². The van der Waals surface area contributed by atoms with Crippen LogP contribution in [0.5, 0.6) is 0 Å². The number of aliphatic hydroxyl groups is 1. The number of aliphatic hydroxyl groups excluding tert-OH is 1. The molecule has 1 aromatic carbocycles. The monoisotopic (exact) mass is 487 g/mol. The normalized spacial score (nSPS) is 19.7. The number of rotatable bonds is 10. The highest BCUT2D eigenvalue weighted by molar-refractivity contribution is 5.93. The molecule has 34 heavy (non-hydrogen) atoms. The summed E-state index contributed by atoms with van der Waals surface area (Å²) in [7, 11) is 0. The Bertz CT molecular complexity index is 865. The standard InChI is InChI=1S/C22H32F3N5O4/c1-13(31)17(7-8-26)28-21(34)19(14(2)32)29-20(33)18-11-27-9-10-30(18)12-15-5-3-4-6-16(15)22(23,24)25/h3-6,14,17-19,27,32H,7-12,26H2,1-2H3,(H,28,34)(H,29,33)/t14-,17-,18-,19-/m0/s1. The Labute approximate surface area is 196 Å². The van der Waals surface area contributed by atoms with Crippen LogP contribution in [0.25, 0.3) is 0 Å². The van der Waals surface area contributed by atoms with Crippen molar-refractivity contribution in [3.8, 4) is 0 Å². The van der Waals surface area contributed by atoms with Gasteiger partial charge < -0.3 is 26.8 Å². The van der Waals surface area contributed by atoms with Crippen LogP contribution in [0.3, 0.4) is 0 Å². The molecule has 0 aromatic heterocycles. The molecule has 4 atom stereocenters. The van der Waals surface area contributed by atoms with E-state index in [0.29, 0.717) is 13.1 Å². The number of carbonyl (C=O) groups is 3. The lowest BCUT2D eigenvalue weighted by Gasteiger charge is -2.36. The van der Waals surface area contributed by atoms with Crippen LogP contribution in [-0.2, 0) is 27.1 Å². The number of nitrogens with zero attached hydrogens (tertiary/aromatic N) is 1. The second kappa shape index (κ2) is 12.2. The molecule has 2 amide bonds. The number of hydrogen-bond donors (Lipinski definition) is 5. The summed E-state index contributed by atoms with van der Waals surface area (Å²) in [5, 5.41) is 18.1. The third-order valence-electron chi connectivity index (χ3n) is 5.68. The number of nitrogens with two attached hydrogens (primary N) is 1. The zero-order valence-corrected chi connectivity index (χ0v) is 19.2. The Morgan fingerprint density at radius 3 is 2.53 bits per heavy atom. The van der Waals surface area contributed by atoms with Crippen LogP contribution in [-0.4, -0.2) is 78.0 Å². The van der Waals surface area contributed by atoms with Crippen LogP contribution in [0, 0.1) is 0 Å². The summed E-state index contributed by atoms with van der Waals surface area (Å²) < 4.78 is 40.2. The molecule has 190 valence electrons. The largest absolute Gasteiger partial charge is 0.416 e. The van der Waals surface area contributed by atoms with Gasteiger partial charge in [0.15, 0.2) is 5.78 Å². The van der Waals surface area contributed by atoms with E-state index < -0.39 is 47.8 Å². The van der Waals surface area contributed by atoms with Gasteiger partial charge in [-0.3, -0.25) is 19.3 Å². The highest BCUT2D eigenvalue weighted by Crippen LogP contribution is 2.32. The van der Waals surface area contributed by atoms with E-state index in [1.165, 1.54) is 32.0 Å². The van der Waals surface area contributed by atoms with Crippen molar-refractivity contribution in [2.75, 3.05) is 26.2 Å². The minimum absolute atomic E-state index is 0.0330. The molecule has 1 aromatic rings. The summed E-state index contributed by atoms with van der Waals surface area (Å²) in [6.07, 6.45) is -5.62. The van der Waals surface area contributed by atoms with Crippen molar-refractivity contribution in [3.05, 3.63) is 35.4 Å². The predicted octanol–water partition coefficient (Wildman–Crippen LogP) is -0.233. The van der Waals surface area contributed by atoms with Gasteiger partial charge in [-0.1, -0.05) is 18.2 Å².